The highest BCUT2D eigenvalue weighted by Crippen LogP contribution is 2.30. The fourth-order valence-electron chi connectivity index (χ4n) is 9.80. The summed E-state index contributed by atoms with van der Waals surface area (Å²) in [5, 5.41) is 75.1. The van der Waals surface area contributed by atoms with Crippen molar-refractivity contribution in [3.05, 3.63) is 45.9 Å². The van der Waals surface area contributed by atoms with Crippen molar-refractivity contribution in [3.63, 3.8) is 0 Å². The fraction of sp³-hybridized carbons (Fsp3) is 0.617. The number of carbonyl (C=O) groups excluding carboxylic acids is 10. The number of likely N-dealkylation sites (tertiary alicyclic amines) is 1. The van der Waals surface area contributed by atoms with Crippen LogP contribution in [0.3, 0.4) is 0 Å². The number of rotatable bonds is 41. The van der Waals surface area contributed by atoms with Crippen LogP contribution in [0.5, 0.6) is 5.75 Å². The first-order chi connectivity index (χ1) is 45.2. The number of phenolic OH excluding ortho intramolecular Hbond substituents is 1. The van der Waals surface area contributed by atoms with Crippen molar-refractivity contribution >= 4 is 116 Å². The number of nitrogens with zero attached hydrogens (tertiary/aromatic N) is 3. The minimum absolute atomic E-state index is 0.0134. The van der Waals surface area contributed by atoms with E-state index in [1.807, 2.05) is 62.5 Å². The van der Waals surface area contributed by atoms with Crippen LogP contribution in [0.2, 0.25) is 0 Å². The Morgan fingerprint density at radius 1 is 0.729 bits per heavy atom. The lowest BCUT2D eigenvalue weighted by molar-refractivity contribution is -0.159. The van der Waals surface area contributed by atoms with Gasteiger partial charge >= 0.3 is 35.9 Å². The number of carbonyl (C=O) groups is 14. The molecule has 1 aliphatic rings. The Morgan fingerprint density at radius 2 is 1.31 bits per heavy atom. The number of hydrazine groups is 1. The number of aliphatic carboxylic acids is 4. The molecule has 3 rings (SSSR count). The molecule has 0 spiro atoms. The van der Waals surface area contributed by atoms with Gasteiger partial charge in [0.1, 0.15) is 59.4 Å². The zero-order chi connectivity index (χ0) is 71.9. The molecule has 1 aliphatic heterocycles. The zero-order valence-electron chi connectivity index (χ0n) is 54.6. The van der Waals surface area contributed by atoms with E-state index >= 15 is 0 Å². The molecule has 0 saturated carbocycles. The Hall–Kier alpha value is -8.35. The second-order valence-electron chi connectivity index (χ2n) is 23.3. The summed E-state index contributed by atoms with van der Waals surface area (Å²) < 4.78 is 10.7. The molecule has 36 heteroatoms. The summed E-state index contributed by atoms with van der Waals surface area (Å²) in [7, 11) is 3.69. The van der Waals surface area contributed by atoms with E-state index in [1.165, 1.54) is 29.3 Å². The Balaban J connectivity index is 1.64. The van der Waals surface area contributed by atoms with E-state index in [-0.39, 0.29) is 78.0 Å². The van der Waals surface area contributed by atoms with Gasteiger partial charge < -0.3 is 76.9 Å². The summed E-state index contributed by atoms with van der Waals surface area (Å²) in [4.78, 5) is 186. The van der Waals surface area contributed by atoms with Crippen LogP contribution in [-0.2, 0) is 73.4 Å². The molecular weight excluding hydrogens is 1320 g/mol. The van der Waals surface area contributed by atoms with Crippen LogP contribution in [0, 0.1) is 17.8 Å². The summed E-state index contributed by atoms with van der Waals surface area (Å²) in [6.45, 7) is 11.7. The third-order valence-electron chi connectivity index (χ3n) is 15.2. The van der Waals surface area contributed by atoms with Crippen LogP contribution < -0.4 is 42.8 Å². The molecule has 96 heavy (non-hydrogen) atoms. The molecule has 0 radical (unpaired) electrons. The zero-order valence-corrected chi connectivity index (χ0v) is 57.1. The number of benzene rings is 1. The number of esters is 1. The Labute approximate surface area is 566 Å². The maximum Gasteiger partial charge on any atom is 0.426 e. The molecule has 534 valence electrons. The molecule has 2 heterocycles. The van der Waals surface area contributed by atoms with Crippen molar-refractivity contribution in [1.29, 1.82) is 0 Å². The smallest absolute Gasteiger partial charge is 0.426 e. The molecule has 9 amide bonds. The van der Waals surface area contributed by atoms with Gasteiger partial charge in [0, 0.05) is 54.7 Å². The number of carboxylic acids is 4. The molecular formula is C60H89N11O22S3. The van der Waals surface area contributed by atoms with Gasteiger partial charge in [-0.05, 0) is 75.2 Å². The van der Waals surface area contributed by atoms with Crippen LogP contribution >= 0.6 is 32.9 Å². The fourth-order valence-corrected chi connectivity index (χ4v) is 12.6. The van der Waals surface area contributed by atoms with E-state index in [0.29, 0.717) is 24.8 Å². The lowest BCUT2D eigenvalue weighted by Gasteiger charge is -2.39. The van der Waals surface area contributed by atoms with E-state index in [9.17, 15) is 92.7 Å². The first-order valence-electron chi connectivity index (χ1n) is 31.0. The van der Waals surface area contributed by atoms with Crippen molar-refractivity contribution in [2.45, 2.75) is 180 Å². The van der Waals surface area contributed by atoms with E-state index in [4.69, 9.17) is 14.6 Å². The number of aromatic nitrogens is 1. The third-order valence-corrected chi connectivity index (χ3v) is 18.5. The molecule has 1 saturated heterocycles. The lowest BCUT2D eigenvalue weighted by atomic mass is 9.92. The summed E-state index contributed by atoms with van der Waals surface area (Å²) in [6.07, 6.45) is -2.12. The van der Waals surface area contributed by atoms with Crippen molar-refractivity contribution in [2.75, 3.05) is 38.4 Å². The minimum atomic E-state index is -2.04. The number of aromatic hydroxyl groups is 1. The van der Waals surface area contributed by atoms with Crippen molar-refractivity contribution in [1.82, 2.24) is 57.5 Å². The summed E-state index contributed by atoms with van der Waals surface area (Å²) in [5.74, 6) is -16.1. The highest BCUT2D eigenvalue weighted by Gasteiger charge is 2.40. The Kier molecular flexibility index (Phi) is 35.5. The molecule has 1 fully saturated rings. The van der Waals surface area contributed by atoms with E-state index in [2.05, 4.69) is 31.8 Å². The summed E-state index contributed by atoms with van der Waals surface area (Å²) in [5.41, 5.74) is 4.95. The second kappa shape index (κ2) is 41.6. The summed E-state index contributed by atoms with van der Waals surface area (Å²) >= 11 is 0.990. The van der Waals surface area contributed by atoms with Crippen molar-refractivity contribution in [3.8, 4) is 5.75 Å². The minimum Gasteiger partial charge on any atom is -0.508 e. The van der Waals surface area contributed by atoms with Gasteiger partial charge in [0.05, 0.1) is 25.3 Å². The topological polar surface area (TPSA) is 494 Å². The number of amides is 9. The molecule has 33 nitrogen and oxygen atoms in total. The molecule has 1 aromatic heterocycles. The number of piperidine rings is 1. The number of nitrogens with one attached hydrogen (secondary N) is 8. The molecule has 14 N–H and O–H groups in total. The van der Waals surface area contributed by atoms with Gasteiger partial charge in [-0.2, -0.15) is 0 Å². The first-order valence-corrected chi connectivity index (χ1v) is 34.3. The van der Waals surface area contributed by atoms with E-state index < -0.39 is 164 Å². The maximum absolute atomic E-state index is 14.8. The monoisotopic (exact) mass is 1410 g/mol. The van der Waals surface area contributed by atoms with Gasteiger partial charge in [-0.15, -0.1) is 11.3 Å². The molecule has 1 unspecified atom stereocenters. The molecule has 2 aromatic rings. The van der Waals surface area contributed by atoms with Gasteiger partial charge in [-0.1, -0.05) is 88.1 Å². The highest BCUT2D eigenvalue weighted by molar-refractivity contribution is 8.76. The third kappa shape index (κ3) is 28.9. The van der Waals surface area contributed by atoms with Crippen LogP contribution in [0.1, 0.15) is 146 Å². The highest BCUT2D eigenvalue weighted by atomic mass is 33.1. The number of aliphatic hydroxyl groups is 1. The number of aliphatic hydroxyl groups excluding tert-OH is 1. The number of ether oxygens (including phenoxy) is 2. The number of hydrogen-bond donors (Lipinski definition) is 14. The van der Waals surface area contributed by atoms with Gasteiger partial charge in [-0.3, -0.25) is 67.9 Å². The van der Waals surface area contributed by atoms with Gasteiger partial charge in [0.15, 0.2) is 6.73 Å². The SMILES string of the molecule is CCCC(=O)OCN(C(=O)[C@@H](NC(=O)[C@H]1CCCCN1C)C(C)CC)[C@H](C[C@@H](O)c1nc(C(=O)N[C@@H](Cc2ccc(O)cc2)C[C@H](C)C(=O)NNC(=O)OCCSSC[C@H](NC(=O)[C@H](CC(=O)O)NC(=O)[C@H](CC(=O)O)NC(=O)[C@H](CC(=O)O)NC(C)=O)C(=O)O)cs1)C(C)C. The predicted molar refractivity (Wildman–Crippen MR) is 347 cm³/mol. The van der Waals surface area contributed by atoms with E-state index in [0.717, 1.165) is 59.2 Å². The standard InChI is InChI=1S/C60H89N11O22S3/c1-9-13-49(81)93-30-71(58(88)50(32(5)10-2)67-56(87)43-14-11-12-19-70(43)8)44(31(3)4)27-45(74)57-66-41(28-94-57)55(86)62-36(23-35-15-17-37(73)18-16-35)22-33(6)51(82)68-69-60(91)92-20-21-95-96-29-42(59(89)90)65-54(85)40(26-48(79)80)64-53(84)39(25-47(77)78)63-52(83)38(24-46(75)76)61-34(7)72/h15-18,28,31-33,36,38-40,42-45,50,73-74H,9-14,19-27,29-30H2,1-8H3,(H,61,72)(H,62,86)(H,63,83)(H,64,84)(H,65,85)(H,67,87)(H,68,82)(H,69,91)(H,75,76)(H,77,78)(H,79,80)(H,89,90)/t32?,33-,36+,38-,39-,40-,42-,43+,44+,45+,50-/m0/s1. The van der Waals surface area contributed by atoms with E-state index in [1.54, 1.807) is 12.1 Å². The summed E-state index contributed by atoms with van der Waals surface area (Å²) in [6, 6.07) is -4.40. The molecule has 1 aromatic carbocycles. The average Bonchev–Trinajstić information content (AvgIpc) is 1.28. The molecule has 0 aliphatic carbocycles. The van der Waals surface area contributed by atoms with Crippen molar-refractivity contribution in [2.24, 2.45) is 17.8 Å². The predicted octanol–water partition coefficient (Wildman–Crippen LogP) is 1.42. The number of likely N-dealkylation sites (N-methyl/N-ethyl adjacent to an activating group) is 1. The number of thiazole rings is 1. The quantitative estimate of drug-likeness (QED) is 0.0147. The van der Waals surface area contributed by atoms with Crippen LogP contribution in [-0.4, -0.2) is 215 Å². The van der Waals surface area contributed by atoms with Crippen LogP contribution in [0.4, 0.5) is 4.79 Å². The Bertz CT molecular complexity index is 3000. The van der Waals surface area contributed by atoms with Crippen molar-refractivity contribution < 1.29 is 107 Å². The molecule has 11 atom stereocenters. The first kappa shape index (κ1) is 81.9. The van der Waals surface area contributed by atoms with Crippen LogP contribution in [0.25, 0.3) is 0 Å². The lowest BCUT2D eigenvalue weighted by Crippen LogP contribution is -2.59. The largest absolute Gasteiger partial charge is 0.508 e. The second-order valence-corrected chi connectivity index (χ2v) is 26.8. The van der Waals surface area contributed by atoms with Gasteiger partial charge in [0.2, 0.25) is 41.4 Å². The number of hydrogen-bond acceptors (Lipinski definition) is 23. The number of carboxylic acid groups (broad SMARTS) is 4. The average molecular weight is 1410 g/mol. The van der Waals surface area contributed by atoms with Gasteiger partial charge in [-0.25, -0.2) is 20.0 Å². The normalized spacial score (nSPS) is 16.1. The van der Waals surface area contributed by atoms with Crippen LogP contribution in [0.15, 0.2) is 29.6 Å². The molecule has 0 bridgehead atoms. The Morgan fingerprint density at radius 3 is 1.84 bits per heavy atom. The maximum atomic E-state index is 14.8. The number of phenols is 1. The van der Waals surface area contributed by atoms with Gasteiger partial charge in [0.25, 0.3) is 5.91 Å².